The Morgan fingerprint density at radius 3 is 2.36 bits per heavy atom. The summed E-state index contributed by atoms with van der Waals surface area (Å²) in [5.74, 6) is 0.0642. The largest absolute Gasteiger partial charge is 0.417 e. The Balaban J connectivity index is 1.54. The molecule has 1 saturated heterocycles. The molecule has 1 aliphatic carbocycles. The van der Waals surface area contributed by atoms with E-state index in [0.717, 1.165) is 12.1 Å². The van der Waals surface area contributed by atoms with E-state index in [1.807, 2.05) is 0 Å². The molecule has 2 atom stereocenters. The molecule has 0 unspecified atom stereocenters. The van der Waals surface area contributed by atoms with Crippen molar-refractivity contribution in [2.45, 2.75) is 60.6 Å². The normalized spacial score (nSPS) is 24.2. The van der Waals surface area contributed by atoms with Crippen molar-refractivity contribution in [3.8, 4) is 11.1 Å². The average Bonchev–Trinajstić information content (AvgIpc) is 3.38. The lowest BCUT2D eigenvalue weighted by molar-refractivity contribution is -0.139. The fraction of sp³-hybridized carbons (Fsp3) is 0.571. The number of benzene rings is 1. The molecule has 182 valence electrons. The first kappa shape index (κ1) is 24.2. The van der Waals surface area contributed by atoms with Gasteiger partial charge in [-0.2, -0.15) is 18.3 Å². The Bertz CT molecular complexity index is 1220. The van der Waals surface area contributed by atoms with Crippen LogP contribution in [-0.4, -0.2) is 55.6 Å². The molecule has 2 fully saturated rings. The standard InChI is InChI=1S/C21H25F3N2O5S2/c1-26-13-15(12-25-26)14-2-5-20(19(10-14)21(22,23)24)33(29,30)18-4-3-17(11-18)31-16-6-8-32(27,28)9-7-16/h2,5,10,12-13,16-18H,3-4,6-9,11H2,1H3/t17-,18-/m0/s1. The molecule has 33 heavy (non-hydrogen) atoms. The van der Waals surface area contributed by atoms with Crippen molar-refractivity contribution in [1.29, 1.82) is 0 Å². The van der Waals surface area contributed by atoms with Crippen LogP contribution in [0.4, 0.5) is 13.2 Å². The SMILES string of the molecule is Cn1cc(-c2ccc(S(=O)(=O)[C@H]3CC[C@H](OC4CCS(=O)(=O)CC4)C3)c(C(F)(F)F)c2)cn1. The number of halogens is 3. The molecule has 7 nitrogen and oxygen atoms in total. The Morgan fingerprint density at radius 1 is 1.06 bits per heavy atom. The Hall–Kier alpha value is -1.92. The zero-order valence-corrected chi connectivity index (χ0v) is 19.6. The molecule has 1 aromatic carbocycles. The Labute approximate surface area is 190 Å². The van der Waals surface area contributed by atoms with Gasteiger partial charge in [0.2, 0.25) is 0 Å². The molecule has 0 spiro atoms. The van der Waals surface area contributed by atoms with Gasteiger partial charge in [-0.1, -0.05) is 6.07 Å². The van der Waals surface area contributed by atoms with Crippen LogP contribution in [0.3, 0.4) is 0 Å². The smallest absolute Gasteiger partial charge is 0.375 e. The van der Waals surface area contributed by atoms with E-state index in [-0.39, 0.29) is 36.0 Å². The van der Waals surface area contributed by atoms with Crippen LogP contribution in [0.5, 0.6) is 0 Å². The highest BCUT2D eigenvalue weighted by Gasteiger charge is 2.43. The molecule has 2 aliphatic rings. The molecular weight excluding hydrogens is 481 g/mol. The summed E-state index contributed by atoms with van der Waals surface area (Å²) >= 11 is 0. The molecule has 2 heterocycles. The predicted molar refractivity (Wildman–Crippen MR) is 115 cm³/mol. The first-order valence-electron chi connectivity index (χ1n) is 10.7. The van der Waals surface area contributed by atoms with E-state index in [2.05, 4.69) is 5.10 Å². The molecule has 12 heteroatoms. The second-order valence-electron chi connectivity index (χ2n) is 8.70. The number of nitrogens with zero attached hydrogens (tertiary/aromatic N) is 2. The lowest BCUT2D eigenvalue weighted by Crippen LogP contribution is -2.31. The van der Waals surface area contributed by atoms with Crippen molar-refractivity contribution in [3.63, 3.8) is 0 Å². The lowest BCUT2D eigenvalue weighted by Gasteiger charge is -2.25. The molecule has 2 aromatic rings. The second-order valence-corrected chi connectivity index (χ2v) is 13.2. The van der Waals surface area contributed by atoms with Gasteiger partial charge in [-0.3, -0.25) is 4.68 Å². The van der Waals surface area contributed by atoms with Gasteiger partial charge in [0.1, 0.15) is 0 Å². The number of hydrogen-bond acceptors (Lipinski definition) is 6. The van der Waals surface area contributed by atoms with Crippen molar-refractivity contribution in [3.05, 3.63) is 36.2 Å². The van der Waals surface area contributed by atoms with Crippen molar-refractivity contribution in [2.75, 3.05) is 11.5 Å². The summed E-state index contributed by atoms with van der Waals surface area (Å²) < 4.78 is 98.5. The minimum Gasteiger partial charge on any atom is -0.375 e. The number of aryl methyl sites for hydroxylation is 1. The first-order valence-corrected chi connectivity index (χ1v) is 14.0. The van der Waals surface area contributed by atoms with Gasteiger partial charge < -0.3 is 4.74 Å². The lowest BCUT2D eigenvalue weighted by atomic mass is 10.1. The minimum absolute atomic E-state index is 0.0321. The van der Waals surface area contributed by atoms with E-state index in [4.69, 9.17) is 4.74 Å². The number of hydrogen-bond donors (Lipinski definition) is 0. The average molecular weight is 507 g/mol. The summed E-state index contributed by atoms with van der Waals surface area (Å²) in [6, 6.07) is 3.25. The van der Waals surface area contributed by atoms with E-state index in [9.17, 15) is 30.0 Å². The van der Waals surface area contributed by atoms with Crippen molar-refractivity contribution in [2.24, 2.45) is 7.05 Å². The molecule has 0 bridgehead atoms. The van der Waals surface area contributed by atoms with Crippen LogP contribution in [0.1, 0.15) is 37.7 Å². The minimum atomic E-state index is -4.84. The molecule has 1 aromatic heterocycles. The van der Waals surface area contributed by atoms with Gasteiger partial charge >= 0.3 is 6.18 Å². The number of ether oxygens (including phenoxy) is 1. The van der Waals surface area contributed by atoms with Gasteiger partial charge in [-0.15, -0.1) is 0 Å². The molecule has 0 radical (unpaired) electrons. The Morgan fingerprint density at radius 2 is 1.76 bits per heavy atom. The molecule has 0 N–H and O–H groups in total. The summed E-state index contributed by atoms with van der Waals surface area (Å²) in [5.41, 5.74) is -0.504. The van der Waals surface area contributed by atoms with Crippen molar-refractivity contribution in [1.82, 2.24) is 9.78 Å². The van der Waals surface area contributed by atoms with Crippen LogP contribution in [0.2, 0.25) is 0 Å². The number of sulfone groups is 2. The van der Waals surface area contributed by atoms with Crippen LogP contribution in [0.25, 0.3) is 11.1 Å². The fourth-order valence-electron chi connectivity index (χ4n) is 4.51. The molecular formula is C21H25F3N2O5S2. The molecule has 1 aliphatic heterocycles. The van der Waals surface area contributed by atoms with Gasteiger partial charge in [0.25, 0.3) is 0 Å². The molecule has 0 amide bonds. The second kappa shape index (κ2) is 8.70. The van der Waals surface area contributed by atoms with Crippen LogP contribution in [0, 0.1) is 0 Å². The maximum Gasteiger partial charge on any atom is 0.417 e. The summed E-state index contributed by atoms with van der Waals surface area (Å²) in [6.45, 7) is 0. The molecule has 4 rings (SSSR count). The maximum absolute atomic E-state index is 13.9. The monoisotopic (exact) mass is 506 g/mol. The highest BCUT2D eigenvalue weighted by molar-refractivity contribution is 7.92. The number of rotatable bonds is 5. The molecule has 1 saturated carbocycles. The van der Waals surface area contributed by atoms with Gasteiger partial charge in [-0.25, -0.2) is 16.8 Å². The summed E-state index contributed by atoms with van der Waals surface area (Å²) in [7, 11) is -5.67. The highest BCUT2D eigenvalue weighted by Crippen LogP contribution is 2.41. The zero-order chi connectivity index (χ0) is 24.0. The van der Waals surface area contributed by atoms with E-state index < -0.39 is 47.7 Å². The van der Waals surface area contributed by atoms with Crippen molar-refractivity contribution >= 4 is 19.7 Å². The first-order chi connectivity index (χ1) is 15.3. The third kappa shape index (κ3) is 5.27. The van der Waals surface area contributed by atoms with Gasteiger partial charge in [0.05, 0.1) is 45.6 Å². The van der Waals surface area contributed by atoms with E-state index in [1.165, 1.54) is 16.9 Å². The fourth-order valence-corrected chi connectivity index (χ4v) is 7.97. The predicted octanol–water partition coefficient (Wildman–Crippen LogP) is 3.39. The number of aromatic nitrogens is 2. The summed E-state index contributed by atoms with van der Waals surface area (Å²) in [6.07, 6.45) is -1.17. The number of alkyl halides is 3. The van der Waals surface area contributed by atoms with Crippen LogP contribution < -0.4 is 0 Å². The third-order valence-electron chi connectivity index (χ3n) is 6.29. The van der Waals surface area contributed by atoms with Gasteiger partial charge in [0, 0.05) is 18.8 Å². The maximum atomic E-state index is 13.9. The van der Waals surface area contributed by atoms with Crippen LogP contribution in [0.15, 0.2) is 35.5 Å². The third-order valence-corrected chi connectivity index (χ3v) is 10.3. The van der Waals surface area contributed by atoms with E-state index >= 15 is 0 Å². The van der Waals surface area contributed by atoms with E-state index in [1.54, 1.807) is 13.2 Å². The summed E-state index contributed by atoms with van der Waals surface area (Å²) in [5, 5.41) is 2.97. The van der Waals surface area contributed by atoms with E-state index in [0.29, 0.717) is 24.8 Å². The van der Waals surface area contributed by atoms with Gasteiger partial charge in [-0.05, 0) is 49.8 Å². The topological polar surface area (TPSA) is 95.3 Å². The zero-order valence-electron chi connectivity index (χ0n) is 18.0. The highest BCUT2D eigenvalue weighted by atomic mass is 32.2. The van der Waals surface area contributed by atoms with Gasteiger partial charge in [0.15, 0.2) is 19.7 Å². The van der Waals surface area contributed by atoms with Crippen LogP contribution >= 0.6 is 0 Å². The summed E-state index contributed by atoms with van der Waals surface area (Å²) in [4.78, 5) is -0.725. The Kier molecular flexibility index (Phi) is 6.38. The quantitative estimate of drug-likeness (QED) is 0.617. The van der Waals surface area contributed by atoms with Crippen LogP contribution in [-0.2, 0) is 37.6 Å². The van der Waals surface area contributed by atoms with Crippen molar-refractivity contribution < 1.29 is 34.7 Å².